The minimum absolute atomic E-state index is 0.00246. The van der Waals surface area contributed by atoms with Gasteiger partial charge in [-0.25, -0.2) is 4.98 Å². The topological polar surface area (TPSA) is 87.3 Å². The molecule has 29 heavy (non-hydrogen) atoms. The summed E-state index contributed by atoms with van der Waals surface area (Å²) in [4.78, 5) is 33.9. The van der Waals surface area contributed by atoms with Gasteiger partial charge in [-0.15, -0.1) is 0 Å². The highest BCUT2D eigenvalue weighted by Gasteiger charge is 2.25. The minimum Gasteiger partial charge on any atom is -0.484 e. The van der Waals surface area contributed by atoms with Crippen LogP contribution in [0, 0.1) is 0 Å². The Hall–Kier alpha value is -3.06. The predicted octanol–water partition coefficient (Wildman–Crippen LogP) is 3.02. The van der Waals surface area contributed by atoms with E-state index in [0.29, 0.717) is 42.3 Å². The van der Waals surface area contributed by atoms with Crippen LogP contribution in [0.5, 0.6) is 5.75 Å². The summed E-state index contributed by atoms with van der Waals surface area (Å²) < 4.78 is 5.47. The van der Waals surface area contributed by atoms with Crippen molar-refractivity contribution in [2.45, 2.75) is 18.9 Å². The maximum Gasteiger partial charge on any atom is 0.258 e. The molecular weight excluding hydrogens is 392 g/mol. The Bertz CT molecular complexity index is 1010. The molecule has 0 unspecified atom stereocenters. The van der Waals surface area contributed by atoms with Crippen LogP contribution in [-0.4, -0.2) is 52.4 Å². The second kappa shape index (κ2) is 8.53. The summed E-state index contributed by atoms with van der Waals surface area (Å²) in [6, 6.07) is 12.4. The van der Waals surface area contributed by atoms with E-state index < -0.39 is 0 Å². The van der Waals surface area contributed by atoms with Crippen molar-refractivity contribution in [3.63, 3.8) is 0 Å². The Kier molecular flexibility index (Phi) is 5.67. The van der Waals surface area contributed by atoms with Gasteiger partial charge in [0.05, 0.1) is 17.4 Å². The third-order valence-corrected chi connectivity index (χ3v) is 5.25. The van der Waals surface area contributed by atoms with E-state index in [9.17, 15) is 9.59 Å². The van der Waals surface area contributed by atoms with Gasteiger partial charge in [0.1, 0.15) is 5.75 Å². The first-order valence-corrected chi connectivity index (χ1v) is 9.86. The molecule has 0 spiro atoms. The Labute approximate surface area is 173 Å². The summed E-state index contributed by atoms with van der Waals surface area (Å²) in [6.07, 6.45) is 3.04. The van der Waals surface area contributed by atoms with Crippen LogP contribution in [0.4, 0.5) is 0 Å². The summed E-state index contributed by atoms with van der Waals surface area (Å²) in [7, 11) is 0. The van der Waals surface area contributed by atoms with E-state index in [4.69, 9.17) is 16.3 Å². The molecule has 1 aliphatic rings. The van der Waals surface area contributed by atoms with Crippen LogP contribution in [-0.2, 0) is 4.79 Å². The van der Waals surface area contributed by atoms with E-state index in [0.717, 1.165) is 11.0 Å². The van der Waals surface area contributed by atoms with E-state index in [2.05, 4.69) is 15.3 Å². The quantitative estimate of drug-likeness (QED) is 0.674. The van der Waals surface area contributed by atoms with E-state index in [1.807, 2.05) is 17.0 Å². The van der Waals surface area contributed by atoms with Crippen molar-refractivity contribution in [1.82, 2.24) is 20.2 Å². The van der Waals surface area contributed by atoms with Crippen molar-refractivity contribution in [2.24, 2.45) is 0 Å². The van der Waals surface area contributed by atoms with Crippen LogP contribution in [0.3, 0.4) is 0 Å². The SMILES string of the molecule is O=C(COc1ccc(Cl)cc1)NC1CCN(C(=O)c2ccc3nc[nH]c3c2)CC1. The fraction of sp³-hybridized carbons (Fsp3) is 0.286. The van der Waals surface area contributed by atoms with Crippen molar-refractivity contribution in [1.29, 1.82) is 0 Å². The molecule has 2 aromatic carbocycles. The average Bonchev–Trinajstić information content (AvgIpc) is 3.21. The number of rotatable bonds is 5. The van der Waals surface area contributed by atoms with E-state index in [1.54, 1.807) is 36.7 Å². The van der Waals surface area contributed by atoms with Crippen LogP contribution >= 0.6 is 11.6 Å². The van der Waals surface area contributed by atoms with Crippen LogP contribution < -0.4 is 10.1 Å². The van der Waals surface area contributed by atoms with Gasteiger partial charge in [0, 0.05) is 29.7 Å². The highest BCUT2D eigenvalue weighted by Crippen LogP contribution is 2.18. The zero-order valence-electron chi connectivity index (χ0n) is 15.7. The van der Waals surface area contributed by atoms with Gasteiger partial charge in [0.25, 0.3) is 11.8 Å². The Balaban J connectivity index is 1.24. The molecule has 2 heterocycles. The van der Waals surface area contributed by atoms with Gasteiger partial charge in [-0.1, -0.05) is 11.6 Å². The number of nitrogens with zero attached hydrogens (tertiary/aromatic N) is 2. The maximum absolute atomic E-state index is 12.8. The normalized spacial score (nSPS) is 14.7. The molecular formula is C21H21ClN4O3. The fourth-order valence-electron chi connectivity index (χ4n) is 3.43. The lowest BCUT2D eigenvalue weighted by Gasteiger charge is -2.32. The summed E-state index contributed by atoms with van der Waals surface area (Å²) in [5.41, 5.74) is 2.32. The van der Waals surface area contributed by atoms with Gasteiger partial charge in [0.2, 0.25) is 0 Å². The van der Waals surface area contributed by atoms with E-state index in [-0.39, 0.29) is 24.5 Å². The van der Waals surface area contributed by atoms with Gasteiger partial charge in [-0.05, 0) is 55.3 Å². The number of carbonyl (C=O) groups is 2. The molecule has 0 radical (unpaired) electrons. The Morgan fingerprint density at radius 2 is 1.93 bits per heavy atom. The molecule has 3 aromatic rings. The molecule has 0 bridgehead atoms. The number of imidazole rings is 1. The van der Waals surface area contributed by atoms with Gasteiger partial charge < -0.3 is 19.9 Å². The number of amides is 2. The van der Waals surface area contributed by atoms with Crippen LogP contribution in [0.2, 0.25) is 5.02 Å². The third kappa shape index (κ3) is 4.68. The highest BCUT2D eigenvalue weighted by molar-refractivity contribution is 6.30. The predicted molar refractivity (Wildman–Crippen MR) is 110 cm³/mol. The molecule has 1 fully saturated rings. The molecule has 0 atom stereocenters. The molecule has 8 heteroatoms. The average molecular weight is 413 g/mol. The Morgan fingerprint density at radius 3 is 2.69 bits per heavy atom. The first-order chi connectivity index (χ1) is 14.1. The highest BCUT2D eigenvalue weighted by atomic mass is 35.5. The smallest absolute Gasteiger partial charge is 0.258 e. The Morgan fingerprint density at radius 1 is 1.17 bits per heavy atom. The van der Waals surface area contributed by atoms with Crippen molar-refractivity contribution >= 4 is 34.4 Å². The molecule has 0 saturated carbocycles. The molecule has 7 nitrogen and oxygen atoms in total. The van der Waals surface area contributed by atoms with Gasteiger partial charge >= 0.3 is 0 Å². The fourth-order valence-corrected chi connectivity index (χ4v) is 3.55. The number of ether oxygens (including phenoxy) is 1. The number of nitrogens with one attached hydrogen (secondary N) is 2. The lowest BCUT2D eigenvalue weighted by Crippen LogP contribution is -2.47. The second-order valence-corrected chi connectivity index (χ2v) is 7.45. The molecule has 2 N–H and O–H groups in total. The summed E-state index contributed by atoms with van der Waals surface area (Å²) in [5, 5.41) is 3.60. The lowest BCUT2D eigenvalue weighted by molar-refractivity contribution is -0.124. The number of aromatic nitrogens is 2. The third-order valence-electron chi connectivity index (χ3n) is 5.00. The molecule has 150 valence electrons. The molecule has 1 saturated heterocycles. The number of likely N-dealkylation sites (tertiary alicyclic amines) is 1. The molecule has 1 aromatic heterocycles. The van der Waals surface area contributed by atoms with Crippen molar-refractivity contribution in [2.75, 3.05) is 19.7 Å². The van der Waals surface area contributed by atoms with Crippen molar-refractivity contribution in [3.8, 4) is 5.75 Å². The number of carbonyl (C=O) groups excluding carboxylic acids is 2. The van der Waals surface area contributed by atoms with Crippen molar-refractivity contribution < 1.29 is 14.3 Å². The molecule has 1 aliphatic heterocycles. The number of piperidine rings is 1. The number of H-pyrrole nitrogens is 1. The first-order valence-electron chi connectivity index (χ1n) is 9.48. The summed E-state index contributed by atoms with van der Waals surface area (Å²) in [5.74, 6) is 0.422. The van der Waals surface area contributed by atoms with E-state index in [1.165, 1.54) is 0 Å². The number of aromatic amines is 1. The standard InChI is InChI=1S/C21H21ClN4O3/c22-15-2-4-17(5-3-15)29-12-20(27)25-16-7-9-26(10-8-16)21(28)14-1-6-18-19(11-14)24-13-23-18/h1-6,11,13,16H,7-10,12H2,(H,23,24)(H,25,27). The lowest BCUT2D eigenvalue weighted by atomic mass is 10.0. The number of benzene rings is 2. The van der Waals surface area contributed by atoms with Crippen LogP contribution in [0.1, 0.15) is 23.2 Å². The zero-order chi connectivity index (χ0) is 20.2. The van der Waals surface area contributed by atoms with Gasteiger partial charge in [-0.3, -0.25) is 9.59 Å². The molecule has 4 rings (SSSR count). The first kappa shape index (κ1) is 19.3. The number of halogens is 1. The monoisotopic (exact) mass is 412 g/mol. The number of hydrogen-bond donors (Lipinski definition) is 2. The van der Waals surface area contributed by atoms with Gasteiger partial charge in [0.15, 0.2) is 6.61 Å². The number of fused-ring (bicyclic) bond motifs is 1. The zero-order valence-corrected chi connectivity index (χ0v) is 16.5. The maximum atomic E-state index is 12.8. The number of hydrogen-bond acceptors (Lipinski definition) is 4. The van der Waals surface area contributed by atoms with Crippen molar-refractivity contribution in [3.05, 3.63) is 59.4 Å². The molecule has 0 aliphatic carbocycles. The second-order valence-electron chi connectivity index (χ2n) is 7.01. The van der Waals surface area contributed by atoms with Crippen LogP contribution in [0.25, 0.3) is 11.0 Å². The minimum atomic E-state index is -0.172. The van der Waals surface area contributed by atoms with Gasteiger partial charge in [-0.2, -0.15) is 0 Å². The molecule has 2 amide bonds. The largest absolute Gasteiger partial charge is 0.484 e. The van der Waals surface area contributed by atoms with E-state index >= 15 is 0 Å². The van der Waals surface area contributed by atoms with Crippen LogP contribution in [0.15, 0.2) is 48.8 Å². The summed E-state index contributed by atoms with van der Waals surface area (Å²) >= 11 is 5.83. The summed E-state index contributed by atoms with van der Waals surface area (Å²) in [6.45, 7) is 1.15.